The third kappa shape index (κ3) is 5.28. The lowest BCUT2D eigenvalue weighted by atomic mass is 10.2. The molecule has 2 saturated heterocycles. The van der Waals surface area contributed by atoms with E-state index in [0.29, 0.717) is 31.0 Å². The standard InChI is InChI=1S/C17H24FN5O5S2/c1-27-16(29)19-10-13-11-22(17(24)28-13)12-3-4-15(14(18)9-12)21-6-5-20-23(8-7-21)30(2,25)26/h3-4,9,13,20H,5-8,10-11H2,1-2H3,(H,19,29)/t13-/m0/s1. The maximum atomic E-state index is 14.9. The Kier molecular flexibility index (Phi) is 6.95. The van der Waals surface area contributed by atoms with Gasteiger partial charge < -0.3 is 19.7 Å². The van der Waals surface area contributed by atoms with E-state index >= 15 is 0 Å². The summed E-state index contributed by atoms with van der Waals surface area (Å²) >= 11 is 4.89. The third-order valence-electron chi connectivity index (χ3n) is 4.76. The van der Waals surface area contributed by atoms with Crippen molar-refractivity contribution in [1.29, 1.82) is 0 Å². The van der Waals surface area contributed by atoms with Crippen LogP contribution in [0.5, 0.6) is 0 Å². The van der Waals surface area contributed by atoms with Crippen LogP contribution >= 0.6 is 12.2 Å². The van der Waals surface area contributed by atoms with Gasteiger partial charge in [0.05, 0.1) is 37.8 Å². The molecule has 0 unspecified atom stereocenters. The molecule has 13 heteroatoms. The lowest BCUT2D eigenvalue weighted by molar-refractivity contribution is 0.142. The summed E-state index contributed by atoms with van der Waals surface area (Å²) < 4.78 is 49.5. The number of hydrazine groups is 1. The first kappa shape index (κ1) is 22.5. The van der Waals surface area contributed by atoms with Crippen LogP contribution in [0.15, 0.2) is 18.2 Å². The molecule has 0 radical (unpaired) electrons. The average molecular weight is 462 g/mol. The zero-order chi connectivity index (χ0) is 21.9. The first-order chi connectivity index (χ1) is 14.2. The number of hydrogen-bond donors (Lipinski definition) is 2. The summed E-state index contributed by atoms with van der Waals surface area (Å²) in [7, 11) is -1.95. The summed E-state index contributed by atoms with van der Waals surface area (Å²) in [6.07, 6.45) is 0.0956. The maximum Gasteiger partial charge on any atom is 0.414 e. The molecule has 3 rings (SSSR count). The number of rotatable bonds is 5. The van der Waals surface area contributed by atoms with Crippen molar-refractivity contribution in [2.24, 2.45) is 0 Å². The van der Waals surface area contributed by atoms with Gasteiger partial charge in [0.15, 0.2) is 0 Å². The molecule has 2 aliphatic rings. The topological polar surface area (TPSA) is 103 Å². The number of sulfonamides is 1. The molecule has 2 aliphatic heterocycles. The van der Waals surface area contributed by atoms with E-state index in [2.05, 4.69) is 10.7 Å². The summed E-state index contributed by atoms with van der Waals surface area (Å²) in [4.78, 5) is 15.3. The Labute approximate surface area is 179 Å². The van der Waals surface area contributed by atoms with Gasteiger partial charge in [0, 0.05) is 26.2 Å². The van der Waals surface area contributed by atoms with Gasteiger partial charge in [-0.1, -0.05) is 0 Å². The number of ether oxygens (including phenoxy) is 2. The number of amides is 1. The Morgan fingerprint density at radius 2 is 2.17 bits per heavy atom. The molecule has 2 heterocycles. The van der Waals surface area contributed by atoms with Gasteiger partial charge in [-0.15, -0.1) is 4.41 Å². The van der Waals surface area contributed by atoms with Crippen molar-refractivity contribution in [2.75, 3.05) is 62.4 Å². The van der Waals surface area contributed by atoms with Gasteiger partial charge in [0.2, 0.25) is 10.0 Å². The average Bonchev–Trinajstić information content (AvgIpc) is 2.89. The molecule has 0 bridgehead atoms. The van der Waals surface area contributed by atoms with E-state index in [1.807, 2.05) is 0 Å². The SMILES string of the molecule is COC(=S)NC[C@H]1CN(c2ccc(N3CCNN(S(C)(=O)=O)CC3)c(F)c2)C(=O)O1. The number of hydrogen-bond acceptors (Lipinski definition) is 8. The molecule has 0 aliphatic carbocycles. The smallest absolute Gasteiger partial charge is 0.414 e. The predicted molar refractivity (Wildman–Crippen MR) is 113 cm³/mol. The van der Waals surface area contributed by atoms with Gasteiger partial charge in [-0.05, 0) is 30.4 Å². The molecule has 10 nitrogen and oxygen atoms in total. The Hall–Kier alpha value is -2.22. The van der Waals surface area contributed by atoms with E-state index in [1.54, 1.807) is 17.0 Å². The summed E-state index contributed by atoms with van der Waals surface area (Å²) in [5, 5.41) is 3.02. The van der Waals surface area contributed by atoms with Crippen LogP contribution in [0.4, 0.5) is 20.6 Å². The largest absolute Gasteiger partial charge is 0.474 e. The monoisotopic (exact) mass is 461 g/mol. The number of carbonyl (C=O) groups is 1. The van der Waals surface area contributed by atoms with Crippen LogP contribution in [0, 0.1) is 5.82 Å². The van der Waals surface area contributed by atoms with Crippen molar-refractivity contribution in [2.45, 2.75) is 6.10 Å². The van der Waals surface area contributed by atoms with Gasteiger partial charge in [-0.2, -0.15) is 0 Å². The van der Waals surface area contributed by atoms with Crippen LogP contribution in [-0.2, 0) is 19.5 Å². The second-order valence-electron chi connectivity index (χ2n) is 6.85. The Bertz CT molecular complexity index is 916. The predicted octanol–water partition coefficient (Wildman–Crippen LogP) is 0.258. The van der Waals surface area contributed by atoms with Gasteiger partial charge in [0.25, 0.3) is 5.17 Å². The highest BCUT2D eigenvalue weighted by atomic mass is 32.2. The van der Waals surface area contributed by atoms with Crippen molar-refractivity contribution >= 4 is 44.9 Å². The normalized spacial score (nSPS) is 20.6. The summed E-state index contributed by atoms with van der Waals surface area (Å²) in [6.45, 7) is 1.83. The quantitative estimate of drug-likeness (QED) is 0.598. The number of nitrogens with one attached hydrogen (secondary N) is 2. The highest BCUT2D eigenvalue weighted by molar-refractivity contribution is 7.88. The van der Waals surface area contributed by atoms with E-state index in [4.69, 9.17) is 21.7 Å². The van der Waals surface area contributed by atoms with Crippen molar-refractivity contribution in [3.05, 3.63) is 24.0 Å². The van der Waals surface area contributed by atoms with Crippen molar-refractivity contribution in [1.82, 2.24) is 15.2 Å². The maximum absolute atomic E-state index is 14.9. The van der Waals surface area contributed by atoms with Crippen molar-refractivity contribution in [3.63, 3.8) is 0 Å². The molecule has 166 valence electrons. The fraction of sp³-hybridized carbons (Fsp3) is 0.529. The lowest BCUT2D eigenvalue weighted by Crippen LogP contribution is -2.42. The van der Waals surface area contributed by atoms with E-state index in [-0.39, 0.29) is 24.8 Å². The van der Waals surface area contributed by atoms with Crippen LogP contribution in [0.25, 0.3) is 0 Å². The van der Waals surface area contributed by atoms with E-state index in [0.717, 1.165) is 10.7 Å². The minimum atomic E-state index is -3.38. The number of halogens is 1. The van der Waals surface area contributed by atoms with Crippen molar-refractivity contribution < 1.29 is 27.1 Å². The number of methoxy groups -OCH3 is 1. The molecule has 1 aromatic rings. The second kappa shape index (κ2) is 9.29. The van der Waals surface area contributed by atoms with E-state index in [1.165, 1.54) is 18.1 Å². The Morgan fingerprint density at radius 3 is 2.83 bits per heavy atom. The Balaban J connectivity index is 1.67. The molecular weight excluding hydrogens is 437 g/mol. The minimum absolute atomic E-state index is 0.191. The molecule has 1 atom stereocenters. The van der Waals surface area contributed by atoms with Gasteiger partial charge >= 0.3 is 6.09 Å². The van der Waals surface area contributed by atoms with Crippen LogP contribution in [0.2, 0.25) is 0 Å². The van der Waals surface area contributed by atoms with Gasteiger partial charge in [-0.25, -0.2) is 23.0 Å². The molecule has 1 amide bonds. The second-order valence-corrected chi connectivity index (χ2v) is 9.13. The molecule has 0 spiro atoms. The van der Waals surface area contributed by atoms with E-state index < -0.39 is 28.0 Å². The van der Waals surface area contributed by atoms with Crippen LogP contribution in [-0.4, -0.2) is 82.8 Å². The Morgan fingerprint density at radius 1 is 1.40 bits per heavy atom. The molecule has 2 fully saturated rings. The summed E-state index contributed by atoms with van der Waals surface area (Å²) in [5.74, 6) is -0.504. The first-order valence-electron chi connectivity index (χ1n) is 9.24. The molecule has 0 saturated carbocycles. The zero-order valence-corrected chi connectivity index (χ0v) is 18.3. The number of thiocarbonyl (C=S) groups is 1. The fourth-order valence-corrected chi connectivity index (χ4v) is 4.09. The minimum Gasteiger partial charge on any atom is -0.474 e. The van der Waals surface area contributed by atoms with Crippen molar-refractivity contribution in [3.8, 4) is 0 Å². The first-order valence-corrected chi connectivity index (χ1v) is 11.5. The third-order valence-corrected chi connectivity index (χ3v) is 6.18. The molecular formula is C17H24FN5O5S2. The van der Waals surface area contributed by atoms with Crippen LogP contribution in [0.1, 0.15) is 0 Å². The number of benzene rings is 1. The van der Waals surface area contributed by atoms with Crippen LogP contribution < -0.4 is 20.5 Å². The van der Waals surface area contributed by atoms with Crippen LogP contribution in [0.3, 0.4) is 0 Å². The number of nitrogens with zero attached hydrogens (tertiary/aromatic N) is 3. The lowest BCUT2D eigenvalue weighted by Gasteiger charge is -2.24. The van der Waals surface area contributed by atoms with Gasteiger partial charge in [0.1, 0.15) is 11.9 Å². The highest BCUT2D eigenvalue weighted by Gasteiger charge is 2.33. The summed E-state index contributed by atoms with van der Waals surface area (Å²) in [5.41, 5.74) is 3.54. The molecule has 30 heavy (non-hydrogen) atoms. The number of carbonyl (C=O) groups excluding carboxylic acids is 1. The molecule has 0 aromatic heterocycles. The molecule has 2 N–H and O–H groups in total. The number of anilines is 2. The molecule has 1 aromatic carbocycles. The number of cyclic esters (lactones) is 1. The zero-order valence-electron chi connectivity index (χ0n) is 16.6. The van der Waals surface area contributed by atoms with Gasteiger partial charge in [-0.3, -0.25) is 4.90 Å². The fourth-order valence-electron chi connectivity index (χ4n) is 3.26. The summed E-state index contributed by atoms with van der Waals surface area (Å²) in [6, 6.07) is 4.50. The highest BCUT2D eigenvalue weighted by Crippen LogP contribution is 2.28. The van der Waals surface area contributed by atoms with E-state index in [9.17, 15) is 17.6 Å².